The highest BCUT2D eigenvalue weighted by Crippen LogP contribution is 2.42. The molecule has 10 heavy (non-hydrogen) atoms. The lowest BCUT2D eigenvalue weighted by Crippen LogP contribution is -2.20. The Bertz CT molecular complexity index is 250. The fraction of sp³-hybridized carbons (Fsp3) is 0.571. The number of rotatable bonds is 1. The molecular weight excluding hydrogens is 128 g/mol. The number of aromatic nitrogens is 1. The van der Waals surface area contributed by atoms with Gasteiger partial charge in [0.15, 0.2) is 6.39 Å². The number of hydrogen-bond acceptors (Lipinski definition) is 3. The van der Waals surface area contributed by atoms with Crippen LogP contribution in [0.1, 0.15) is 24.3 Å². The van der Waals surface area contributed by atoms with Gasteiger partial charge in [-0.3, -0.25) is 0 Å². The monoisotopic (exact) mass is 138 g/mol. The molecule has 0 unspecified atom stereocenters. The van der Waals surface area contributed by atoms with Crippen LogP contribution in [0.15, 0.2) is 10.8 Å². The molecule has 0 amide bonds. The summed E-state index contributed by atoms with van der Waals surface area (Å²) in [5.74, 6) is 0.861. The molecule has 0 radical (unpaired) electrons. The van der Waals surface area contributed by atoms with Gasteiger partial charge < -0.3 is 10.2 Å². The predicted molar refractivity (Wildman–Crippen MR) is 36.3 cm³/mol. The zero-order valence-electron chi connectivity index (χ0n) is 5.92. The van der Waals surface area contributed by atoms with Crippen LogP contribution in [0, 0.1) is 6.92 Å². The minimum atomic E-state index is -0.142. The van der Waals surface area contributed by atoms with Crippen LogP contribution in [0.4, 0.5) is 0 Å². The van der Waals surface area contributed by atoms with Crippen molar-refractivity contribution < 1.29 is 4.42 Å². The van der Waals surface area contributed by atoms with Crippen molar-refractivity contribution in [1.29, 1.82) is 0 Å². The number of hydrogen-bond donors (Lipinski definition) is 1. The summed E-state index contributed by atoms with van der Waals surface area (Å²) >= 11 is 0. The molecule has 3 nitrogen and oxygen atoms in total. The van der Waals surface area contributed by atoms with E-state index in [1.165, 1.54) is 6.39 Å². The Morgan fingerprint density at radius 3 is 2.80 bits per heavy atom. The van der Waals surface area contributed by atoms with Crippen LogP contribution in [0.2, 0.25) is 0 Å². The van der Waals surface area contributed by atoms with Gasteiger partial charge >= 0.3 is 0 Å². The Hall–Kier alpha value is -0.830. The smallest absolute Gasteiger partial charge is 0.181 e. The van der Waals surface area contributed by atoms with E-state index in [0.29, 0.717) is 0 Å². The molecule has 1 aromatic rings. The van der Waals surface area contributed by atoms with E-state index in [0.717, 1.165) is 24.3 Å². The molecule has 0 aliphatic heterocycles. The van der Waals surface area contributed by atoms with Gasteiger partial charge in [0.2, 0.25) is 0 Å². The predicted octanol–water partition coefficient (Wildman–Crippen LogP) is 0.931. The molecule has 3 heteroatoms. The lowest BCUT2D eigenvalue weighted by Gasteiger charge is -2.02. The first-order valence-corrected chi connectivity index (χ1v) is 3.42. The average molecular weight is 138 g/mol. The van der Waals surface area contributed by atoms with Crippen molar-refractivity contribution in [1.82, 2.24) is 4.98 Å². The minimum Gasteiger partial charge on any atom is -0.448 e. The third kappa shape index (κ3) is 0.671. The summed E-state index contributed by atoms with van der Waals surface area (Å²) in [6, 6.07) is 0. The van der Waals surface area contributed by atoms with Gasteiger partial charge in [0.05, 0.1) is 5.54 Å². The third-order valence-electron chi connectivity index (χ3n) is 2.01. The molecular formula is C7H10N2O. The second-order valence-electron chi connectivity index (χ2n) is 2.91. The van der Waals surface area contributed by atoms with Crippen molar-refractivity contribution in [2.24, 2.45) is 5.73 Å². The first-order valence-electron chi connectivity index (χ1n) is 3.42. The van der Waals surface area contributed by atoms with Crippen molar-refractivity contribution in [2.75, 3.05) is 0 Å². The number of oxazole rings is 1. The summed E-state index contributed by atoms with van der Waals surface area (Å²) in [5, 5.41) is 0. The van der Waals surface area contributed by atoms with Gasteiger partial charge in [-0.1, -0.05) is 0 Å². The van der Waals surface area contributed by atoms with Gasteiger partial charge in [-0.15, -0.1) is 0 Å². The molecule has 54 valence electrons. The molecule has 0 atom stereocenters. The zero-order valence-corrected chi connectivity index (χ0v) is 5.92. The van der Waals surface area contributed by atoms with Gasteiger partial charge in [-0.25, -0.2) is 4.98 Å². The van der Waals surface area contributed by atoms with Crippen LogP contribution in [0.5, 0.6) is 0 Å². The van der Waals surface area contributed by atoms with Gasteiger partial charge in [0.25, 0.3) is 0 Å². The first kappa shape index (κ1) is 5.92. The van der Waals surface area contributed by atoms with E-state index in [1.807, 2.05) is 6.92 Å². The molecule has 2 N–H and O–H groups in total. The Labute approximate surface area is 59.2 Å². The third-order valence-corrected chi connectivity index (χ3v) is 2.01. The Morgan fingerprint density at radius 2 is 2.40 bits per heavy atom. The van der Waals surface area contributed by atoms with Crippen LogP contribution in [-0.4, -0.2) is 4.98 Å². The maximum Gasteiger partial charge on any atom is 0.181 e. The number of nitrogens with zero attached hydrogens (tertiary/aromatic N) is 1. The average Bonchev–Trinajstić information content (AvgIpc) is 2.44. The van der Waals surface area contributed by atoms with Crippen molar-refractivity contribution >= 4 is 0 Å². The molecule has 1 aliphatic rings. The first-order chi connectivity index (χ1) is 4.72. The fourth-order valence-corrected chi connectivity index (χ4v) is 1.16. The van der Waals surface area contributed by atoms with E-state index in [-0.39, 0.29) is 5.54 Å². The highest BCUT2D eigenvalue weighted by Gasteiger charge is 2.43. The lowest BCUT2D eigenvalue weighted by atomic mass is 10.2. The molecule has 1 saturated carbocycles. The van der Waals surface area contributed by atoms with E-state index in [9.17, 15) is 0 Å². The quantitative estimate of drug-likeness (QED) is 0.628. The van der Waals surface area contributed by atoms with E-state index in [1.54, 1.807) is 0 Å². The molecule has 1 fully saturated rings. The minimum absolute atomic E-state index is 0.142. The van der Waals surface area contributed by atoms with Crippen molar-refractivity contribution in [3.05, 3.63) is 17.8 Å². The summed E-state index contributed by atoms with van der Waals surface area (Å²) < 4.78 is 5.04. The highest BCUT2D eigenvalue weighted by molar-refractivity contribution is 5.23. The van der Waals surface area contributed by atoms with Crippen molar-refractivity contribution in [3.63, 3.8) is 0 Å². The largest absolute Gasteiger partial charge is 0.448 e. The second-order valence-corrected chi connectivity index (χ2v) is 2.91. The summed E-state index contributed by atoms with van der Waals surface area (Å²) in [5.41, 5.74) is 6.69. The molecule has 1 heterocycles. The molecule has 1 aromatic heterocycles. The lowest BCUT2D eigenvalue weighted by molar-refractivity contribution is 0.520. The summed E-state index contributed by atoms with van der Waals surface area (Å²) in [7, 11) is 0. The van der Waals surface area contributed by atoms with Gasteiger partial charge in [0, 0.05) is 0 Å². The molecule has 1 aliphatic carbocycles. The van der Waals surface area contributed by atoms with Crippen molar-refractivity contribution in [2.45, 2.75) is 25.3 Å². The van der Waals surface area contributed by atoms with E-state index >= 15 is 0 Å². The van der Waals surface area contributed by atoms with Crippen LogP contribution < -0.4 is 5.73 Å². The van der Waals surface area contributed by atoms with Gasteiger partial charge in [-0.2, -0.15) is 0 Å². The molecule has 0 bridgehead atoms. The van der Waals surface area contributed by atoms with Gasteiger partial charge in [0.1, 0.15) is 11.5 Å². The standard InChI is InChI=1S/C7H10N2O/c1-5-6(9-4-10-5)7(8)2-3-7/h4H,2-3,8H2,1H3. The van der Waals surface area contributed by atoms with E-state index in [4.69, 9.17) is 10.2 Å². The number of nitrogens with two attached hydrogens (primary N) is 1. The maximum absolute atomic E-state index is 5.89. The Balaban J connectivity index is 2.42. The Kier molecular flexibility index (Phi) is 0.951. The van der Waals surface area contributed by atoms with E-state index < -0.39 is 0 Å². The topological polar surface area (TPSA) is 52.0 Å². The SMILES string of the molecule is Cc1ocnc1C1(N)CC1. The van der Waals surface area contributed by atoms with Crippen LogP contribution >= 0.6 is 0 Å². The van der Waals surface area contributed by atoms with Crippen LogP contribution in [0.25, 0.3) is 0 Å². The van der Waals surface area contributed by atoms with Crippen molar-refractivity contribution in [3.8, 4) is 0 Å². The zero-order chi connectivity index (χ0) is 7.19. The Morgan fingerprint density at radius 1 is 1.70 bits per heavy atom. The fourth-order valence-electron chi connectivity index (χ4n) is 1.16. The summed E-state index contributed by atoms with van der Waals surface area (Å²) in [6.45, 7) is 1.90. The number of aryl methyl sites for hydroxylation is 1. The van der Waals surface area contributed by atoms with Crippen LogP contribution in [-0.2, 0) is 5.54 Å². The maximum atomic E-state index is 5.89. The summed E-state index contributed by atoms with van der Waals surface area (Å²) in [4.78, 5) is 4.06. The molecule has 2 rings (SSSR count). The van der Waals surface area contributed by atoms with Crippen LogP contribution in [0.3, 0.4) is 0 Å². The summed E-state index contributed by atoms with van der Waals surface area (Å²) in [6.07, 6.45) is 3.54. The molecule has 0 saturated heterocycles. The van der Waals surface area contributed by atoms with E-state index in [2.05, 4.69) is 4.98 Å². The molecule has 0 aromatic carbocycles. The van der Waals surface area contributed by atoms with Gasteiger partial charge in [-0.05, 0) is 19.8 Å². The molecule has 0 spiro atoms. The normalized spacial score (nSPS) is 21.0. The second kappa shape index (κ2) is 1.61. The highest BCUT2D eigenvalue weighted by atomic mass is 16.3.